The molecule has 0 unspecified atom stereocenters. The molecular weight excluding hydrogens is 316 g/mol. The summed E-state index contributed by atoms with van der Waals surface area (Å²) in [4.78, 5) is 23.8. The van der Waals surface area contributed by atoms with Crippen LogP contribution in [0.3, 0.4) is 0 Å². The van der Waals surface area contributed by atoms with Crippen LogP contribution in [-0.2, 0) is 18.3 Å². The number of amides is 1. The van der Waals surface area contributed by atoms with Crippen molar-refractivity contribution in [2.75, 3.05) is 27.2 Å². The molecule has 3 heterocycles. The summed E-state index contributed by atoms with van der Waals surface area (Å²) in [6.45, 7) is 1.87. The first-order valence-electron chi connectivity index (χ1n) is 8.94. The predicted molar refractivity (Wildman–Crippen MR) is 95.8 cm³/mol. The van der Waals surface area contributed by atoms with E-state index in [1.54, 1.807) is 12.5 Å². The largest absolute Gasteiger partial charge is 0.348 e. The third kappa shape index (κ3) is 4.28. The smallest absolute Gasteiger partial charge is 0.222 e. The molecule has 2 aromatic heterocycles. The van der Waals surface area contributed by atoms with Crippen molar-refractivity contribution in [3.05, 3.63) is 36.2 Å². The van der Waals surface area contributed by atoms with Gasteiger partial charge in [0.25, 0.3) is 0 Å². The number of nitrogens with zero attached hydrogens (tertiary/aromatic N) is 5. The molecule has 2 aromatic rings. The van der Waals surface area contributed by atoms with Crippen LogP contribution in [0.25, 0.3) is 0 Å². The molecule has 0 aromatic carbocycles. The zero-order valence-electron chi connectivity index (χ0n) is 15.4. The van der Waals surface area contributed by atoms with Crippen LogP contribution in [0.2, 0.25) is 0 Å². The van der Waals surface area contributed by atoms with Crippen molar-refractivity contribution in [3.8, 4) is 0 Å². The van der Waals surface area contributed by atoms with Crippen LogP contribution in [0.15, 0.2) is 24.9 Å². The Balaban J connectivity index is 1.61. The van der Waals surface area contributed by atoms with Crippen molar-refractivity contribution in [2.45, 2.75) is 31.7 Å². The highest BCUT2D eigenvalue weighted by Crippen LogP contribution is 2.35. The average molecular weight is 344 g/mol. The number of carbonyl (C=O) groups excluding carboxylic acids is 1. The number of aromatic amines is 1. The number of carbonyl (C=O) groups is 1. The van der Waals surface area contributed by atoms with Crippen molar-refractivity contribution >= 4 is 5.91 Å². The fourth-order valence-corrected chi connectivity index (χ4v) is 3.88. The maximum absolute atomic E-state index is 12.5. The molecule has 0 radical (unpaired) electrons. The van der Waals surface area contributed by atoms with Crippen molar-refractivity contribution in [1.29, 1.82) is 0 Å². The monoisotopic (exact) mass is 344 g/mol. The number of piperidine rings is 1. The van der Waals surface area contributed by atoms with Gasteiger partial charge in [-0.3, -0.25) is 14.4 Å². The lowest BCUT2D eigenvalue weighted by atomic mass is 9.85. The molecule has 1 saturated heterocycles. The van der Waals surface area contributed by atoms with Crippen LogP contribution >= 0.6 is 0 Å². The van der Waals surface area contributed by atoms with Gasteiger partial charge < -0.3 is 9.88 Å². The summed E-state index contributed by atoms with van der Waals surface area (Å²) in [6, 6.07) is 0.324. The van der Waals surface area contributed by atoms with E-state index in [9.17, 15) is 4.79 Å². The van der Waals surface area contributed by atoms with E-state index in [2.05, 4.69) is 33.2 Å². The number of hydrogen-bond donors (Lipinski definition) is 1. The minimum atomic E-state index is 0.188. The van der Waals surface area contributed by atoms with Gasteiger partial charge in [0.1, 0.15) is 0 Å². The minimum absolute atomic E-state index is 0.188. The molecule has 1 amide bonds. The standard InChI is InChI=1S/C18H28N6O/c1-22-8-4-5-14(18(22)15-9-21-24(3)12-15)11-23(2)17(25)7-6-16-10-19-13-20-16/h9-10,12-14,18H,4-8,11H2,1-3H3,(H,19,20)/t14-,18+/m0/s1. The molecule has 3 rings (SSSR count). The number of nitrogens with one attached hydrogen (secondary N) is 1. The van der Waals surface area contributed by atoms with E-state index < -0.39 is 0 Å². The van der Waals surface area contributed by atoms with E-state index in [0.717, 1.165) is 25.2 Å². The molecule has 1 fully saturated rings. The van der Waals surface area contributed by atoms with E-state index in [4.69, 9.17) is 0 Å². The highest BCUT2D eigenvalue weighted by atomic mass is 16.2. The molecule has 0 bridgehead atoms. The molecule has 1 N–H and O–H groups in total. The van der Waals surface area contributed by atoms with Crippen molar-refractivity contribution < 1.29 is 4.79 Å². The van der Waals surface area contributed by atoms with Gasteiger partial charge in [-0.05, 0) is 38.8 Å². The van der Waals surface area contributed by atoms with Gasteiger partial charge in [0.2, 0.25) is 5.91 Å². The van der Waals surface area contributed by atoms with Crippen LogP contribution in [-0.4, -0.2) is 62.6 Å². The summed E-state index contributed by atoms with van der Waals surface area (Å²) in [6.07, 6.45) is 11.0. The lowest BCUT2D eigenvalue weighted by molar-refractivity contribution is -0.131. The van der Waals surface area contributed by atoms with Crippen LogP contribution in [0.4, 0.5) is 0 Å². The van der Waals surface area contributed by atoms with Gasteiger partial charge in [-0.25, -0.2) is 4.98 Å². The highest BCUT2D eigenvalue weighted by molar-refractivity contribution is 5.76. The van der Waals surface area contributed by atoms with Crippen molar-refractivity contribution in [3.63, 3.8) is 0 Å². The molecular formula is C18H28N6O. The molecule has 136 valence electrons. The van der Waals surface area contributed by atoms with Gasteiger partial charge in [-0.2, -0.15) is 5.10 Å². The number of rotatable bonds is 6. The minimum Gasteiger partial charge on any atom is -0.348 e. The van der Waals surface area contributed by atoms with E-state index in [0.29, 0.717) is 24.8 Å². The summed E-state index contributed by atoms with van der Waals surface area (Å²) in [7, 11) is 6.04. The summed E-state index contributed by atoms with van der Waals surface area (Å²) >= 11 is 0. The fourth-order valence-electron chi connectivity index (χ4n) is 3.88. The Kier molecular flexibility index (Phi) is 5.53. The molecule has 1 aliphatic rings. The Bertz CT molecular complexity index is 680. The van der Waals surface area contributed by atoms with Gasteiger partial charge in [-0.1, -0.05) is 0 Å². The van der Waals surface area contributed by atoms with Crippen LogP contribution in [0, 0.1) is 5.92 Å². The zero-order valence-corrected chi connectivity index (χ0v) is 15.4. The average Bonchev–Trinajstić information content (AvgIpc) is 3.24. The summed E-state index contributed by atoms with van der Waals surface area (Å²) in [5.41, 5.74) is 2.25. The first-order valence-corrected chi connectivity index (χ1v) is 8.94. The second-order valence-electron chi connectivity index (χ2n) is 7.13. The van der Waals surface area contributed by atoms with E-state index in [1.807, 2.05) is 29.9 Å². The molecule has 7 nitrogen and oxygen atoms in total. The van der Waals surface area contributed by atoms with Gasteiger partial charge in [-0.15, -0.1) is 0 Å². The lowest BCUT2D eigenvalue weighted by Gasteiger charge is -2.40. The Hall–Kier alpha value is -2.15. The number of hydrogen-bond acceptors (Lipinski definition) is 4. The molecule has 7 heteroatoms. The number of H-pyrrole nitrogens is 1. The van der Waals surface area contributed by atoms with Crippen molar-refractivity contribution in [2.24, 2.45) is 13.0 Å². The van der Waals surface area contributed by atoms with E-state index in [-0.39, 0.29) is 5.91 Å². The lowest BCUT2D eigenvalue weighted by Crippen LogP contribution is -2.42. The van der Waals surface area contributed by atoms with Gasteiger partial charge in [0.15, 0.2) is 0 Å². The maximum Gasteiger partial charge on any atom is 0.222 e. The van der Waals surface area contributed by atoms with Crippen LogP contribution in [0.1, 0.15) is 36.6 Å². The number of imidazole rings is 1. The van der Waals surface area contributed by atoms with Gasteiger partial charge >= 0.3 is 0 Å². The second-order valence-corrected chi connectivity index (χ2v) is 7.13. The summed E-state index contributed by atoms with van der Waals surface area (Å²) < 4.78 is 1.86. The molecule has 0 aliphatic carbocycles. The molecule has 2 atom stereocenters. The topological polar surface area (TPSA) is 70.1 Å². The quantitative estimate of drug-likeness (QED) is 0.864. The predicted octanol–water partition coefficient (Wildman–Crippen LogP) is 1.62. The zero-order chi connectivity index (χ0) is 17.8. The van der Waals surface area contributed by atoms with Crippen LogP contribution in [0.5, 0.6) is 0 Å². The normalized spacial score (nSPS) is 21.4. The third-order valence-corrected chi connectivity index (χ3v) is 5.17. The van der Waals surface area contributed by atoms with E-state index >= 15 is 0 Å². The fraction of sp³-hybridized carbons (Fsp3) is 0.611. The number of likely N-dealkylation sites (tertiary alicyclic amines) is 1. The first kappa shape index (κ1) is 17.7. The van der Waals surface area contributed by atoms with E-state index in [1.165, 1.54) is 12.0 Å². The molecule has 0 spiro atoms. The number of aromatic nitrogens is 4. The Morgan fingerprint density at radius 3 is 2.92 bits per heavy atom. The van der Waals surface area contributed by atoms with Crippen LogP contribution < -0.4 is 0 Å². The Morgan fingerprint density at radius 1 is 1.40 bits per heavy atom. The number of aryl methyl sites for hydroxylation is 2. The second kappa shape index (κ2) is 7.82. The Morgan fingerprint density at radius 2 is 2.24 bits per heavy atom. The van der Waals surface area contributed by atoms with Gasteiger partial charge in [0, 0.05) is 56.8 Å². The maximum atomic E-state index is 12.5. The van der Waals surface area contributed by atoms with Gasteiger partial charge in [0.05, 0.1) is 12.5 Å². The molecule has 0 saturated carbocycles. The highest BCUT2D eigenvalue weighted by Gasteiger charge is 2.32. The summed E-state index contributed by atoms with van der Waals surface area (Å²) in [5, 5.41) is 4.33. The summed E-state index contributed by atoms with van der Waals surface area (Å²) in [5.74, 6) is 0.622. The molecule has 1 aliphatic heterocycles. The third-order valence-electron chi connectivity index (χ3n) is 5.17. The molecule has 25 heavy (non-hydrogen) atoms. The first-order chi connectivity index (χ1) is 12.0. The van der Waals surface area contributed by atoms with Crippen molar-refractivity contribution in [1.82, 2.24) is 29.5 Å². The SMILES string of the molecule is CN(C[C@@H]1CCCN(C)[C@H]1c1cnn(C)c1)C(=O)CCc1cnc[nH]1. The Labute approximate surface area is 149 Å².